The van der Waals surface area contributed by atoms with E-state index in [1.54, 1.807) is 25.5 Å². The maximum Gasteiger partial charge on any atom is 0.243 e. The van der Waals surface area contributed by atoms with Gasteiger partial charge in [0.2, 0.25) is 11.6 Å². The molecule has 0 atom stereocenters. The Hall–Kier alpha value is -3.43. The predicted molar refractivity (Wildman–Crippen MR) is 82.4 cm³/mol. The van der Waals surface area contributed by atoms with E-state index in [4.69, 9.17) is 5.73 Å². The zero-order valence-corrected chi connectivity index (χ0v) is 12.5. The summed E-state index contributed by atoms with van der Waals surface area (Å²) >= 11 is 0. The van der Waals surface area contributed by atoms with E-state index >= 15 is 0 Å². The van der Waals surface area contributed by atoms with Crippen LogP contribution in [0, 0.1) is 6.92 Å². The minimum atomic E-state index is 0.133. The van der Waals surface area contributed by atoms with Gasteiger partial charge in [-0.05, 0) is 30.2 Å². The Morgan fingerprint density at radius 1 is 1.39 bits per heavy atom. The molecule has 0 unspecified atom stereocenters. The number of rotatable bonds is 4. The van der Waals surface area contributed by atoms with Crippen molar-refractivity contribution in [2.24, 2.45) is 10.2 Å². The number of anilines is 1. The second-order valence-corrected chi connectivity index (χ2v) is 4.62. The summed E-state index contributed by atoms with van der Waals surface area (Å²) in [6, 6.07) is 3.70. The van der Waals surface area contributed by atoms with E-state index in [2.05, 4.69) is 40.4 Å². The van der Waals surface area contributed by atoms with E-state index < -0.39 is 0 Å². The minimum absolute atomic E-state index is 0.133. The van der Waals surface area contributed by atoms with Crippen LogP contribution in [-0.2, 0) is 0 Å². The van der Waals surface area contributed by atoms with E-state index in [-0.39, 0.29) is 11.6 Å². The van der Waals surface area contributed by atoms with Crippen molar-refractivity contribution >= 4 is 17.7 Å². The monoisotopic (exact) mass is 311 g/mol. The Morgan fingerprint density at radius 3 is 2.96 bits per heavy atom. The molecule has 0 fully saturated rings. The van der Waals surface area contributed by atoms with Crippen LogP contribution < -0.4 is 5.73 Å². The summed E-state index contributed by atoms with van der Waals surface area (Å²) in [5.74, 6) is 0.418. The van der Waals surface area contributed by atoms with Crippen molar-refractivity contribution in [2.75, 3.05) is 5.73 Å². The maximum atomic E-state index is 5.66. The normalized spacial score (nSPS) is 12.2. The Labute approximate surface area is 130 Å². The summed E-state index contributed by atoms with van der Waals surface area (Å²) in [5.41, 5.74) is 8.39. The topological polar surface area (TPSA) is 133 Å². The van der Waals surface area contributed by atoms with Gasteiger partial charge in [0.15, 0.2) is 0 Å². The fourth-order valence-corrected chi connectivity index (χ4v) is 1.88. The Kier molecular flexibility index (Phi) is 3.87. The van der Waals surface area contributed by atoms with Crippen molar-refractivity contribution < 1.29 is 4.63 Å². The molecule has 3 heterocycles. The molecule has 10 nitrogen and oxygen atoms in total. The molecule has 0 saturated carbocycles. The molecule has 10 heteroatoms. The summed E-state index contributed by atoms with van der Waals surface area (Å²) in [5, 5.41) is 23.4. The molecule has 0 aromatic carbocycles. The number of nitrogen functional groups attached to an aromatic ring is 1. The molecule has 0 amide bonds. The second-order valence-electron chi connectivity index (χ2n) is 4.62. The second kappa shape index (κ2) is 6.13. The average Bonchev–Trinajstić information content (AvgIpc) is 3.14. The summed E-state index contributed by atoms with van der Waals surface area (Å²) in [6.07, 6.45) is 4.99. The number of hydrogen-bond acceptors (Lipinski definition) is 9. The molecule has 0 saturated heterocycles. The van der Waals surface area contributed by atoms with Crippen LogP contribution in [-0.4, -0.2) is 42.2 Å². The van der Waals surface area contributed by atoms with Crippen LogP contribution in [0.25, 0.3) is 5.82 Å². The van der Waals surface area contributed by atoms with Crippen molar-refractivity contribution in [3.8, 4) is 5.82 Å². The van der Waals surface area contributed by atoms with Crippen LogP contribution in [0.3, 0.4) is 0 Å². The van der Waals surface area contributed by atoms with Gasteiger partial charge in [0.05, 0.1) is 17.6 Å². The first kappa shape index (κ1) is 14.5. The van der Waals surface area contributed by atoms with Crippen LogP contribution in [0.1, 0.15) is 23.9 Å². The summed E-state index contributed by atoms with van der Waals surface area (Å²) in [7, 11) is 0. The quantitative estimate of drug-likeness (QED) is 0.555. The Morgan fingerprint density at radius 2 is 2.26 bits per heavy atom. The van der Waals surface area contributed by atoms with Crippen LogP contribution >= 0.6 is 0 Å². The zero-order chi connectivity index (χ0) is 16.2. The van der Waals surface area contributed by atoms with Gasteiger partial charge in [0, 0.05) is 18.0 Å². The summed E-state index contributed by atoms with van der Waals surface area (Å²) < 4.78 is 6.00. The molecule has 0 aliphatic carbocycles. The van der Waals surface area contributed by atoms with Crippen LogP contribution in [0.4, 0.5) is 5.82 Å². The molecular formula is C13H13N9O. The third-order valence-electron chi connectivity index (χ3n) is 3.03. The van der Waals surface area contributed by atoms with Gasteiger partial charge in [-0.15, -0.1) is 5.10 Å². The van der Waals surface area contributed by atoms with Gasteiger partial charge in [-0.3, -0.25) is 4.98 Å². The van der Waals surface area contributed by atoms with Crippen molar-refractivity contribution in [1.29, 1.82) is 0 Å². The molecule has 0 spiro atoms. The van der Waals surface area contributed by atoms with Gasteiger partial charge < -0.3 is 5.73 Å². The minimum Gasteiger partial charge on any atom is -0.378 e. The number of nitrogens with two attached hydrogens (primary N) is 1. The number of aromatic nitrogens is 6. The van der Waals surface area contributed by atoms with E-state index in [0.29, 0.717) is 17.1 Å². The molecular weight excluding hydrogens is 298 g/mol. The fourth-order valence-electron chi connectivity index (χ4n) is 1.88. The van der Waals surface area contributed by atoms with Crippen molar-refractivity contribution in [2.45, 2.75) is 13.8 Å². The molecule has 0 radical (unpaired) electrons. The zero-order valence-electron chi connectivity index (χ0n) is 12.5. The summed E-state index contributed by atoms with van der Waals surface area (Å²) in [4.78, 5) is 4.00. The van der Waals surface area contributed by atoms with E-state index in [9.17, 15) is 0 Å². The molecule has 0 bridgehead atoms. The van der Waals surface area contributed by atoms with Gasteiger partial charge in [0.25, 0.3) is 0 Å². The molecule has 116 valence electrons. The first-order valence-corrected chi connectivity index (χ1v) is 6.65. The Bertz CT molecular complexity index is 863. The van der Waals surface area contributed by atoms with Gasteiger partial charge in [-0.1, -0.05) is 11.3 Å². The lowest BCUT2D eigenvalue weighted by Crippen LogP contribution is -2.04. The number of hydrogen-bond donors (Lipinski definition) is 1. The largest absolute Gasteiger partial charge is 0.378 e. The highest BCUT2D eigenvalue weighted by atomic mass is 16.6. The molecule has 2 N–H and O–H groups in total. The van der Waals surface area contributed by atoms with E-state index in [1.165, 1.54) is 4.68 Å². The third-order valence-corrected chi connectivity index (χ3v) is 3.03. The lowest BCUT2D eigenvalue weighted by molar-refractivity contribution is 0.306. The first-order valence-electron chi connectivity index (χ1n) is 6.65. The van der Waals surface area contributed by atoms with Gasteiger partial charge in [-0.2, -0.15) is 14.9 Å². The highest BCUT2D eigenvalue weighted by molar-refractivity contribution is 5.98. The van der Waals surface area contributed by atoms with Crippen LogP contribution in [0.15, 0.2) is 39.4 Å². The first-order chi connectivity index (χ1) is 11.2. The average molecular weight is 311 g/mol. The number of pyridine rings is 1. The fraction of sp³-hybridized carbons (Fsp3) is 0.154. The smallest absolute Gasteiger partial charge is 0.243 e. The molecule has 0 aliphatic rings. The Balaban J connectivity index is 1.85. The van der Waals surface area contributed by atoms with E-state index in [1.807, 2.05) is 19.1 Å². The van der Waals surface area contributed by atoms with Crippen LogP contribution in [0.5, 0.6) is 0 Å². The molecule has 23 heavy (non-hydrogen) atoms. The molecule has 3 aromatic heterocycles. The highest BCUT2D eigenvalue weighted by Gasteiger charge is 2.17. The lowest BCUT2D eigenvalue weighted by Gasteiger charge is -1.98. The third kappa shape index (κ3) is 2.95. The molecule has 3 aromatic rings. The van der Waals surface area contributed by atoms with Gasteiger partial charge in [-0.25, -0.2) is 4.63 Å². The van der Waals surface area contributed by atoms with Gasteiger partial charge in [0.1, 0.15) is 5.69 Å². The predicted octanol–water partition coefficient (Wildman–Crippen LogP) is 0.779. The van der Waals surface area contributed by atoms with E-state index in [0.717, 1.165) is 5.56 Å². The summed E-state index contributed by atoms with van der Waals surface area (Å²) in [6.45, 7) is 3.60. The van der Waals surface area contributed by atoms with Crippen molar-refractivity contribution in [3.05, 3.63) is 41.5 Å². The molecule has 0 aliphatic heterocycles. The van der Waals surface area contributed by atoms with Gasteiger partial charge >= 0.3 is 0 Å². The number of nitrogens with zero attached hydrogens (tertiary/aromatic N) is 8. The lowest BCUT2D eigenvalue weighted by atomic mass is 10.2. The SMILES string of the molecule is CC(=NN=Cc1cccnc1)c1nnn(-c2nonc2N)c1C. The van der Waals surface area contributed by atoms with Crippen LogP contribution in [0.2, 0.25) is 0 Å². The highest BCUT2D eigenvalue weighted by Crippen LogP contribution is 2.15. The molecule has 3 rings (SSSR count). The van der Waals surface area contributed by atoms with Crippen molar-refractivity contribution in [3.63, 3.8) is 0 Å². The van der Waals surface area contributed by atoms with Crippen molar-refractivity contribution in [1.82, 2.24) is 30.3 Å². The standard InChI is InChI=1S/C13H13N9O/c1-8(17-16-7-10-4-3-5-15-6-10)11-9(2)22(21-18-11)13-12(14)19-23-20-13/h3-7H,1-2H3,(H2,14,19). The maximum absolute atomic E-state index is 5.66.